The van der Waals surface area contributed by atoms with E-state index >= 15 is 0 Å². The van der Waals surface area contributed by atoms with Gasteiger partial charge in [-0.2, -0.15) is 23.4 Å². The molecule has 5 aliphatic rings. The first-order valence-electron chi connectivity index (χ1n) is 13.1. The summed E-state index contributed by atoms with van der Waals surface area (Å²) in [7, 11) is -4.75. The van der Waals surface area contributed by atoms with E-state index in [-0.39, 0.29) is 54.5 Å². The Morgan fingerprint density at radius 2 is 2.16 bits per heavy atom. The number of carboxylic acids is 1. The minimum absolute atomic E-state index is 0.0194. The number of oxime groups is 1. The van der Waals surface area contributed by atoms with Gasteiger partial charge in [0.25, 0.3) is 5.91 Å². The van der Waals surface area contributed by atoms with Gasteiger partial charge >= 0.3 is 16.3 Å². The molecule has 9 N–H and O–H groups in total. The monoisotopic (exact) mass is 640 g/mol. The Labute approximate surface area is 247 Å². The zero-order chi connectivity index (χ0) is 30.6. The van der Waals surface area contributed by atoms with E-state index in [0.29, 0.717) is 10.00 Å². The predicted octanol–water partition coefficient (Wildman–Crippen LogP) is -3.01. The van der Waals surface area contributed by atoms with Crippen LogP contribution < -0.4 is 27.0 Å². The molecule has 0 radical (unpaired) electrons. The van der Waals surface area contributed by atoms with Crippen molar-refractivity contribution in [1.29, 1.82) is 5.41 Å². The Balaban J connectivity index is 1.15. The van der Waals surface area contributed by atoms with E-state index in [2.05, 4.69) is 41.6 Å². The van der Waals surface area contributed by atoms with Crippen molar-refractivity contribution in [3.63, 3.8) is 0 Å². The van der Waals surface area contributed by atoms with Gasteiger partial charge in [0, 0.05) is 30.8 Å². The molecule has 4 atom stereocenters. The van der Waals surface area contributed by atoms with Crippen molar-refractivity contribution < 1.29 is 37.2 Å². The maximum absolute atomic E-state index is 13.3. The molecule has 2 aromatic rings. The molecule has 1 amide bonds. The third-order valence-corrected chi connectivity index (χ3v) is 9.12. The van der Waals surface area contributed by atoms with E-state index in [0.717, 1.165) is 35.6 Å². The van der Waals surface area contributed by atoms with Gasteiger partial charge in [-0.15, -0.1) is 15.6 Å². The second-order valence-electron chi connectivity index (χ2n) is 10.4. The summed E-state index contributed by atoms with van der Waals surface area (Å²) in [6, 6.07) is -0.838. The molecule has 4 saturated heterocycles. The Hall–Kier alpha value is -3.96. The molecular weight excluding hydrogens is 612 g/mol. The Morgan fingerprint density at radius 3 is 2.77 bits per heavy atom. The highest BCUT2D eigenvalue weighted by Crippen LogP contribution is 2.54. The fraction of sp³-hybridized carbons (Fsp3) is 0.571. The first-order chi connectivity index (χ1) is 20.4. The number of nitrogens with two attached hydrogens (primary N) is 1. The molecule has 43 heavy (non-hydrogen) atoms. The van der Waals surface area contributed by atoms with E-state index in [4.69, 9.17) is 20.7 Å². The Kier molecular flexibility index (Phi) is 7.21. The summed E-state index contributed by atoms with van der Waals surface area (Å²) in [5, 5.41) is 43.0. The molecule has 2 unspecified atom stereocenters. The van der Waals surface area contributed by atoms with Crippen LogP contribution >= 0.6 is 11.3 Å². The van der Waals surface area contributed by atoms with E-state index in [1.165, 1.54) is 11.6 Å². The number of aliphatic carboxylic acids is 1. The summed E-state index contributed by atoms with van der Waals surface area (Å²) >= 11 is 1.02. The number of amides is 1. The number of hydrogen-bond acceptors (Lipinski definition) is 14. The van der Waals surface area contributed by atoms with E-state index < -0.39 is 45.8 Å². The number of nitrogens with zero attached hydrogens (tertiary/aromatic N) is 6. The Bertz CT molecular complexity index is 1580. The lowest BCUT2D eigenvalue weighted by molar-refractivity contribution is -0.449. The van der Waals surface area contributed by atoms with Crippen LogP contribution in [-0.2, 0) is 42.6 Å². The summed E-state index contributed by atoms with van der Waals surface area (Å²) in [6.07, 6.45) is 1.49. The number of carbonyl (C=O) groups is 2. The number of rotatable bonds is 12. The average Bonchev–Trinajstić information content (AvgIpc) is 3.24. The second-order valence-corrected chi connectivity index (χ2v) is 12.6. The van der Waals surface area contributed by atoms with Gasteiger partial charge in [0.15, 0.2) is 28.8 Å². The lowest BCUT2D eigenvalue weighted by Gasteiger charge is -2.70. The molecule has 22 heteroatoms. The minimum Gasteiger partial charge on any atom is -0.478 e. The van der Waals surface area contributed by atoms with E-state index in [1.54, 1.807) is 0 Å². The molecule has 2 bridgehead atoms. The van der Waals surface area contributed by atoms with Gasteiger partial charge in [0.1, 0.15) is 24.0 Å². The number of nitrogens with one attached hydrogen (secondary N) is 5. The van der Waals surface area contributed by atoms with Crippen LogP contribution in [0.1, 0.15) is 30.7 Å². The van der Waals surface area contributed by atoms with Crippen LogP contribution in [0, 0.1) is 5.41 Å². The van der Waals surface area contributed by atoms with Crippen molar-refractivity contribution in [1.82, 2.24) is 45.6 Å². The number of thiazole rings is 1. The zero-order valence-corrected chi connectivity index (χ0v) is 23.9. The number of carboxylic acid groups (broad SMARTS) is 1. The van der Waals surface area contributed by atoms with Crippen molar-refractivity contribution >= 4 is 50.3 Å². The summed E-state index contributed by atoms with van der Waals surface area (Å²) in [5.41, 5.74) is 2.46. The van der Waals surface area contributed by atoms with Gasteiger partial charge in [-0.3, -0.25) is 14.8 Å². The van der Waals surface area contributed by atoms with Crippen molar-refractivity contribution in [3.8, 4) is 0 Å². The topological polar surface area (TPSA) is 284 Å². The normalized spacial score (nSPS) is 27.5. The number of carbonyl (C=O) groups excluding carboxylic acids is 1. The molecule has 2 aromatic heterocycles. The number of anilines is 1. The van der Waals surface area contributed by atoms with Crippen molar-refractivity contribution in [3.05, 3.63) is 23.0 Å². The smallest absolute Gasteiger partial charge is 0.350 e. The molecule has 232 valence electrons. The lowest BCUT2D eigenvalue weighted by atomic mass is 9.84. The lowest BCUT2D eigenvalue weighted by Crippen LogP contribution is -2.95. The number of guanidine groups is 1. The third kappa shape index (κ3) is 5.47. The highest BCUT2D eigenvalue weighted by atomic mass is 32.2. The Morgan fingerprint density at radius 1 is 1.37 bits per heavy atom. The molecule has 4 aliphatic heterocycles. The van der Waals surface area contributed by atoms with Crippen LogP contribution in [-0.4, -0.2) is 109 Å². The largest absolute Gasteiger partial charge is 0.478 e. The summed E-state index contributed by atoms with van der Waals surface area (Å²) in [6.45, 7) is 1.47. The fourth-order valence-electron chi connectivity index (χ4n) is 4.98. The van der Waals surface area contributed by atoms with Crippen LogP contribution in [0.25, 0.3) is 0 Å². The number of aromatic nitrogens is 4. The molecule has 6 heterocycles. The van der Waals surface area contributed by atoms with Gasteiger partial charge in [0.2, 0.25) is 5.60 Å². The van der Waals surface area contributed by atoms with Crippen molar-refractivity contribution in [2.24, 2.45) is 5.16 Å². The maximum Gasteiger partial charge on any atom is 0.350 e. The van der Waals surface area contributed by atoms with Crippen molar-refractivity contribution in [2.75, 3.05) is 18.8 Å². The highest BCUT2D eigenvalue weighted by molar-refractivity contribution is 7.83. The standard InChI is InChI=1S/C21H28N12O8S2/c22-18(27-10-1-4-24-5-10)25-6-11-7-26-32(30-11)9-21-14(16(40-21)33(21)43(37,38)39)29-15(34)13(12-8-42-19(23)28-12)31-41-20(2-3-20)17(35)36/h7-8,10,14,16,24H,1-6,9H2,(H2,23,28)(H,29,34)(H,35,36)(H3,22,25,27)(H,37,38,39)/b31-13-/t10-,14-,16?,21?/m0/s1. The summed E-state index contributed by atoms with van der Waals surface area (Å²) in [4.78, 5) is 35.3. The first-order valence-corrected chi connectivity index (χ1v) is 15.3. The molecule has 0 aromatic carbocycles. The van der Waals surface area contributed by atoms with Crippen LogP contribution in [0.3, 0.4) is 0 Å². The molecule has 1 saturated carbocycles. The summed E-state index contributed by atoms with van der Waals surface area (Å²) in [5.74, 6) is -1.98. The molecule has 20 nitrogen and oxygen atoms in total. The molecule has 7 rings (SSSR count). The summed E-state index contributed by atoms with van der Waals surface area (Å²) < 4.78 is 40.4. The SMILES string of the molecule is N=C(NCc1cnn(CC23OC([C@@H]2NC(=O)/C(=N\OC2(C(=O)O)CC2)c2csc(N)n2)N3S(=O)(=O)O)n1)N[C@H]1CCNC1. The minimum atomic E-state index is -4.75. The fourth-order valence-corrected chi connectivity index (χ4v) is 6.56. The van der Waals surface area contributed by atoms with Gasteiger partial charge in [-0.05, 0) is 13.0 Å². The molecule has 5 fully saturated rings. The third-order valence-electron chi connectivity index (χ3n) is 7.43. The van der Waals surface area contributed by atoms with E-state index in [9.17, 15) is 27.7 Å². The van der Waals surface area contributed by atoms with Crippen LogP contribution in [0.2, 0.25) is 0 Å². The predicted molar refractivity (Wildman–Crippen MR) is 146 cm³/mol. The van der Waals surface area contributed by atoms with E-state index in [1.807, 2.05) is 0 Å². The first kappa shape index (κ1) is 29.1. The molecular formula is C21H28N12O8S2. The van der Waals surface area contributed by atoms with Crippen LogP contribution in [0.4, 0.5) is 5.13 Å². The second kappa shape index (κ2) is 10.6. The van der Waals surface area contributed by atoms with Gasteiger partial charge < -0.3 is 41.7 Å². The number of ether oxygens (including phenoxy) is 1. The van der Waals surface area contributed by atoms with Gasteiger partial charge in [-0.25, -0.2) is 9.78 Å². The van der Waals surface area contributed by atoms with Crippen LogP contribution in [0.5, 0.6) is 0 Å². The van der Waals surface area contributed by atoms with Crippen molar-refractivity contribution in [2.45, 2.75) is 62.0 Å². The highest BCUT2D eigenvalue weighted by Gasteiger charge is 2.79. The van der Waals surface area contributed by atoms with Gasteiger partial charge in [0.05, 0.1) is 12.7 Å². The molecule has 0 spiro atoms. The average molecular weight is 641 g/mol. The molecule has 1 aliphatic carbocycles. The van der Waals surface area contributed by atoms with Gasteiger partial charge in [-0.1, -0.05) is 5.16 Å². The number of nitrogen functional groups attached to an aromatic ring is 1. The quantitative estimate of drug-likeness (QED) is 0.0496. The zero-order valence-electron chi connectivity index (χ0n) is 22.3. The number of hydrogen-bond donors (Lipinski definition) is 8. The maximum atomic E-state index is 13.3. The van der Waals surface area contributed by atoms with Crippen LogP contribution in [0.15, 0.2) is 16.7 Å².